The fourth-order valence-corrected chi connectivity index (χ4v) is 2.99. The summed E-state index contributed by atoms with van der Waals surface area (Å²) in [5, 5.41) is 10.0. The highest BCUT2D eigenvalue weighted by Crippen LogP contribution is 2.39. The molecular formula is C16H9Cl2F6N3O. The van der Waals surface area contributed by atoms with Crippen LogP contribution >= 0.6 is 23.2 Å². The number of halogens is 8. The number of imidazole rings is 1. The third-order valence-electron chi connectivity index (χ3n) is 3.93. The molecular weight excluding hydrogens is 435 g/mol. The van der Waals surface area contributed by atoms with E-state index in [0.717, 1.165) is 23.0 Å². The van der Waals surface area contributed by atoms with Crippen molar-refractivity contribution in [3.63, 3.8) is 0 Å². The first-order valence-electron chi connectivity index (χ1n) is 7.52. The maximum absolute atomic E-state index is 13.3. The molecule has 4 nitrogen and oxygen atoms in total. The van der Waals surface area contributed by atoms with Crippen molar-refractivity contribution in [2.45, 2.75) is 25.0 Å². The number of para-hydroxylation sites is 1. The average Bonchev–Trinajstić information content (AvgIpc) is 2.90. The molecule has 0 radical (unpaired) electrons. The zero-order chi connectivity index (χ0) is 20.9. The minimum atomic E-state index is -5.02. The molecule has 12 heteroatoms. The second-order valence-electron chi connectivity index (χ2n) is 5.79. The van der Waals surface area contributed by atoms with Crippen LogP contribution in [-0.4, -0.2) is 19.6 Å². The number of benzene rings is 1. The van der Waals surface area contributed by atoms with E-state index in [1.54, 1.807) is 0 Å². The number of aromatic nitrogens is 3. The van der Waals surface area contributed by atoms with E-state index in [1.165, 1.54) is 0 Å². The number of aliphatic hydroxyl groups is 1. The average molecular weight is 444 g/mol. The monoisotopic (exact) mass is 443 g/mol. The second-order valence-corrected chi connectivity index (χ2v) is 6.50. The van der Waals surface area contributed by atoms with Crippen LogP contribution in [0.4, 0.5) is 26.3 Å². The summed E-state index contributed by atoms with van der Waals surface area (Å²) in [5.41, 5.74) is -4.19. The minimum Gasteiger partial charge on any atom is -0.387 e. The van der Waals surface area contributed by atoms with Crippen LogP contribution < -0.4 is 0 Å². The third-order valence-corrected chi connectivity index (χ3v) is 4.70. The lowest BCUT2D eigenvalue weighted by atomic mass is 9.99. The fourth-order valence-electron chi connectivity index (χ4n) is 2.68. The largest absolute Gasteiger partial charge is 0.433 e. The van der Waals surface area contributed by atoms with E-state index in [0.29, 0.717) is 12.1 Å². The molecule has 2 aromatic heterocycles. The quantitative estimate of drug-likeness (QED) is 0.543. The van der Waals surface area contributed by atoms with Gasteiger partial charge >= 0.3 is 12.4 Å². The lowest BCUT2D eigenvalue weighted by Gasteiger charge is -2.19. The van der Waals surface area contributed by atoms with Gasteiger partial charge in [0.1, 0.15) is 10.8 Å². The predicted molar refractivity (Wildman–Crippen MR) is 89.0 cm³/mol. The summed E-state index contributed by atoms with van der Waals surface area (Å²) >= 11 is 11.5. The number of nitrogens with zero attached hydrogens (tertiary/aromatic N) is 3. The van der Waals surface area contributed by atoms with Gasteiger partial charge < -0.3 is 9.67 Å². The third kappa shape index (κ3) is 3.89. The summed E-state index contributed by atoms with van der Waals surface area (Å²) in [7, 11) is 0. The van der Waals surface area contributed by atoms with E-state index in [2.05, 4.69) is 9.97 Å². The van der Waals surface area contributed by atoms with Crippen LogP contribution in [0.2, 0.25) is 10.3 Å². The minimum absolute atomic E-state index is 0.0777. The molecule has 150 valence electrons. The summed E-state index contributed by atoms with van der Waals surface area (Å²) < 4.78 is 80.5. The van der Waals surface area contributed by atoms with Crippen molar-refractivity contribution in [3.05, 3.63) is 57.7 Å². The number of hydrogen-bond donors (Lipinski definition) is 1. The maximum atomic E-state index is 13.3. The first-order chi connectivity index (χ1) is 12.9. The standard InChI is InChI=1S/C16H9Cl2F6N3O/c17-13-14(18)27(6-25-13)5-10(28)8-4-11(16(22,23)24)26-12-7(8)2-1-3-9(12)15(19,20)21/h1-4,6,10,28H,5H2. The van der Waals surface area contributed by atoms with E-state index in [4.69, 9.17) is 23.2 Å². The summed E-state index contributed by atoms with van der Waals surface area (Å²) in [6.07, 6.45) is -10.4. The number of hydrogen-bond acceptors (Lipinski definition) is 3. The van der Waals surface area contributed by atoms with Gasteiger partial charge in [-0.15, -0.1) is 0 Å². The van der Waals surface area contributed by atoms with Gasteiger partial charge in [-0.25, -0.2) is 9.97 Å². The van der Waals surface area contributed by atoms with Crippen LogP contribution in [0.25, 0.3) is 10.9 Å². The SMILES string of the molecule is OC(Cn1cnc(Cl)c1Cl)c1cc(C(F)(F)F)nc2c(C(F)(F)F)cccc12. The molecule has 0 bridgehead atoms. The summed E-state index contributed by atoms with van der Waals surface area (Å²) in [5.74, 6) is 0. The first kappa shape index (κ1) is 20.7. The van der Waals surface area contributed by atoms with Crippen LogP contribution in [-0.2, 0) is 18.9 Å². The van der Waals surface area contributed by atoms with Crippen molar-refractivity contribution in [2.24, 2.45) is 0 Å². The van der Waals surface area contributed by atoms with E-state index in [1.807, 2.05) is 0 Å². The van der Waals surface area contributed by atoms with Crippen LogP contribution in [0.15, 0.2) is 30.6 Å². The van der Waals surface area contributed by atoms with Gasteiger partial charge in [-0.2, -0.15) is 26.3 Å². The molecule has 1 unspecified atom stereocenters. The van der Waals surface area contributed by atoms with E-state index in [-0.39, 0.29) is 27.8 Å². The number of fused-ring (bicyclic) bond motifs is 1. The maximum Gasteiger partial charge on any atom is 0.433 e. The molecule has 1 atom stereocenters. The van der Waals surface area contributed by atoms with Crippen LogP contribution in [0, 0.1) is 0 Å². The Morgan fingerprint density at radius 2 is 1.75 bits per heavy atom. The van der Waals surface area contributed by atoms with Gasteiger partial charge in [-0.3, -0.25) is 0 Å². The van der Waals surface area contributed by atoms with Crippen LogP contribution in [0.5, 0.6) is 0 Å². The molecule has 0 amide bonds. The van der Waals surface area contributed by atoms with Gasteiger partial charge in [-0.05, 0) is 17.7 Å². The summed E-state index contributed by atoms with van der Waals surface area (Å²) in [6.45, 7) is -0.384. The van der Waals surface area contributed by atoms with Gasteiger partial charge in [0, 0.05) is 5.39 Å². The normalized spacial score (nSPS) is 13.9. The molecule has 3 aromatic rings. The van der Waals surface area contributed by atoms with Crippen molar-refractivity contribution in [1.82, 2.24) is 14.5 Å². The van der Waals surface area contributed by atoms with Crippen molar-refractivity contribution >= 4 is 34.1 Å². The first-order valence-corrected chi connectivity index (χ1v) is 8.27. The molecule has 1 aromatic carbocycles. The molecule has 1 N–H and O–H groups in total. The number of alkyl halides is 6. The topological polar surface area (TPSA) is 50.9 Å². The Balaban J connectivity index is 2.21. The molecule has 0 spiro atoms. The highest BCUT2D eigenvalue weighted by atomic mass is 35.5. The van der Waals surface area contributed by atoms with Crippen LogP contribution in [0.1, 0.15) is 22.9 Å². The Kier molecular flexibility index (Phi) is 5.24. The zero-order valence-corrected chi connectivity index (χ0v) is 15.0. The zero-order valence-electron chi connectivity index (χ0n) is 13.5. The molecule has 3 rings (SSSR count). The Morgan fingerprint density at radius 3 is 2.29 bits per heavy atom. The summed E-state index contributed by atoms with van der Waals surface area (Å²) in [4.78, 5) is 6.83. The number of aliphatic hydroxyl groups excluding tert-OH is 1. The van der Waals surface area contributed by atoms with Gasteiger partial charge in [-0.1, -0.05) is 35.3 Å². The predicted octanol–water partition coefficient (Wildman–Crippen LogP) is 5.51. The Labute approximate surface area is 163 Å². The van der Waals surface area contributed by atoms with Crippen molar-refractivity contribution < 1.29 is 31.4 Å². The molecule has 0 aliphatic heterocycles. The van der Waals surface area contributed by atoms with Crippen molar-refractivity contribution in [1.29, 1.82) is 0 Å². The lowest BCUT2D eigenvalue weighted by molar-refractivity contribution is -0.142. The van der Waals surface area contributed by atoms with E-state index < -0.39 is 35.2 Å². The second kappa shape index (κ2) is 7.09. The van der Waals surface area contributed by atoms with E-state index >= 15 is 0 Å². The molecule has 0 fully saturated rings. The van der Waals surface area contributed by atoms with E-state index in [9.17, 15) is 31.4 Å². The molecule has 0 aliphatic carbocycles. The van der Waals surface area contributed by atoms with Gasteiger partial charge in [0.25, 0.3) is 0 Å². The van der Waals surface area contributed by atoms with Gasteiger partial charge in [0.2, 0.25) is 0 Å². The molecule has 0 saturated carbocycles. The van der Waals surface area contributed by atoms with Crippen LogP contribution in [0.3, 0.4) is 0 Å². The lowest BCUT2D eigenvalue weighted by Crippen LogP contribution is -2.15. The highest BCUT2D eigenvalue weighted by Gasteiger charge is 2.38. The van der Waals surface area contributed by atoms with Crippen molar-refractivity contribution in [2.75, 3.05) is 0 Å². The Morgan fingerprint density at radius 1 is 1.07 bits per heavy atom. The van der Waals surface area contributed by atoms with Gasteiger partial charge in [0.05, 0.1) is 30.1 Å². The Hall–Kier alpha value is -2.04. The summed E-state index contributed by atoms with van der Waals surface area (Å²) in [6, 6.07) is 3.31. The highest BCUT2D eigenvalue weighted by molar-refractivity contribution is 6.40. The smallest absolute Gasteiger partial charge is 0.387 e. The molecule has 0 saturated heterocycles. The number of rotatable bonds is 3. The van der Waals surface area contributed by atoms with Gasteiger partial charge in [0.15, 0.2) is 5.15 Å². The fraction of sp³-hybridized carbons (Fsp3) is 0.250. The molecule has 2 heterocycles. The molecule has 0 aliphatic rings. The van der Waals surface area contributed by atoms with Crippen molar-refractivity contribution in [3.8, 4) is 0 Å². The number of pyridine rings is 1. The Bertz CT molecular complexity index is 1030. The molecule has 28 heavy (non-hydrogen) atoms.